The lowest BCUT2D eigenvalue weighted by molar-refractivity contribution is -0.152. The minimum absolute atomic E-state index is 0.0809. The number of carboxylic acid groups (broad SMARTS) is 1. The molecule has 1 amide bonds. The van der Waals surface area contributed by atoms with Crippen LogP contribution in [0.1, 0.15) is 24.4 Å². The lowest BCUT2D eigenvalue weighted by atomic mass is 10.0. The molecule has 0 bridgehead atoms. The minimum atomic E-state index is -1.06. The SMILES string of the molecule is O=C(O)C1c2ccccc2OCCN1C(=O)COCC1CC1. The Labute approximate surface area is 128 Å². The summed E-state index contributed by atoms with van der Waals surface area (Å²) in [5.74, 6) is -0.290. The van der Waals surface area contributed by atoms with E-state index >= 15 is 0 Å². The second kappa shape index (κ2) is 6.36. The lowest BCUT2D eigenvalue weighted by Crippen LogP contribution is -2.41. The van der Waals surface area contributed by atoms with Gasteiger partial charge in [-0.05, 0) is 24.8 Å². The van der Waals surface area contributed by atoms with Gasteiger partial charge in [0.05, 0.1) is 13.2 Å². The van der Waals surface area contributed by atoms with Crippen LogP contribution in [-0.2, 0) is 14.3 Å². The molecule has 2 aliphatic rings. The van der Waals surface area contributed by atoms with Gasteiger partial charge in [-0.25, -0.2) is 4.79 Å². The summed E-state index contributed by atoms with van der Waals surface area (Å²) in [6, 6.07) is 5.91. The molecule has 1 fully saturated rings. The van der Waals surface area contributed by atoms with Crippen molar-refractivity contribution in [1.82, 2.24) is 4.90 Å². The second-order valence-corrected chi connectivity index (χ2v) is 5.67. The summed E-state index contributed by atoms with van der Waals surface area (Å²) < 4.78 is 11.0. The zero-order chi connectivity index (χ0) is 15.5. The van der Waals surface area contributed by atoms with Gasteiger partial charge in [-0.2, -0.15) is 0 Å². The quantitative estimate of drug-likeness (QED) is 0.891. The van der Waals surface area contributed by atoms with Gasteiger partial charge in [0.15, 0.2) is 6.04 Å². The lowest BCUT2D eigenvalue weighted by Gasteiger charge is -2.26. The van der Waals surface area contributed by atoms with Gasteiger partial charge in [0.25, 0.3) is 0 Å². The second-order valence-electron chi connectivity index (χ2n) is 5.67. The van der Waals surface area contributed by atoms with Crippen molar-refractivity contribution in [3.8, 4) is 5.75 Å². The molecule has 22 heavy (non-hydrogen) atoms. The van der Waals surface area contributed by atoms with Crippen LogP contribution < -0.4 is 4.74 Å². The molecule has 1 aromatic carbocycles. The first-order valence-electron chi connectivity index (χ1n) is 7.48. The van der Waals surface area contributed by atoms with Crippen LogP contribution in [0.2, 0.25) is 0 Å². The van der Waals surface area contributed by atoms with Crippen molar-refractivity contribution >= 4 is 11.9 Å². The molecular formula is C16H19NO5. The minimum Gasteiger partial charge on any atom is -0.491 e. The molecule has 0 spiro atoms. The van der Waals surface area contributed by atoms with Crippen molar-refractivity contribution in [2.45, 2.75) is 18.9 Å². The van der Waals surface area contributed by atoms with Crippen LogP contribution in [0.3, 0.4) is 0 Å². The number of aliphatic carboxylic acids is 1. The van der Waals surface area contributed by atoms with E-state index in [2.05, 4.69) is 0 Å². The summed E-state index contributed by atoms with van der Waals surface area (Å²) in [5, 5.41) is 9.56. The highest BCUT2D eigenvalue weighted by Gasteiger charge is 2.35. The molecule has 1 unspecified atom stereocenters. The highest BCUT2D eigenvalue weighted by Crippen LogP contribution is 2.32. The number of benzene rings is 1. The van der Waals surface area contributed by atoms with E-state index in [1.54, 1.807) is 24.3 Å². The first-order valence-corrected chi connectivity index (χ1v) is 7.48. The van der Waals surface area contributed by atoms with E-state index in [4.69, 9.17) is 9.47 Å². The number of carbonyl (C=O) groups excluding carboxylic acids is 1. The van der Waals surface area contributed by atoms with Crippen molar-refractivity contribution in [3.63, 3.8) is 0 Å². The summed E-state index contributed by atoms with van der Waals surface area (Å²) >= 11 is 0. The Morgan fingerprint density at radius 1 is 1.32 bits per heavy atom. The Morgan fingerprint density at radius 3 is 2.82 bits per heavy atom. The smallest absolute Gasteiger partial charge is 0.331 e. The van der Waals surface area contributed by atoms with Crippen molar-refractivity contribution < 1.29 is 24.2 Å². The van der Waals surface area contributed by atoms with Gasteiger partial charge >= 0.3 is 5.97 Å². The Morgan fingerprint density at radius 2 is 2.09 bits per heavy atom. The number of hydrogen-bond donors (Lipinski definition) is 1. The predicted octanol–water partition coefficient (Wildman–Crippen LogP) is 1.46. The van der Waals surface area contributed by atoms with E-state index in [9.17, 15) is 14.7 Å². The molecule has 1 atom stereocenters. The van der Waals surface area contributed by atoms with E-state index in [1.165, 1.54) is 4.90 Å². The van der Waals surface area contributed by atoms with Crippen molar-refractivity contribution in [2.75, 3.05) is 26.4 Å². The highest BCUT2D eigenvalue weighted by molar-refractivity contribution is 5.86. The maximum Gasteiger partial charge on any atom is 0.331 e. The van der Waals surface area contributed by atoms with E-state index in [-0.39, 0.29) is 25.7 Å². The molecule has 118 valence electrons. The number of para-hydroxylation sites is 1. The number of nitrogens with zero attached hydrogens (tertiary/aromatic N) is 1. The molecule has 0 radical (unpaired) electrons. The molecule has 0 saturated heterocycles. The van der Waals surface area contributed by atoms with Gasteiger partial charge in [0, 0.05) is 5.56 Å². The van der Waals surface area contributed by atoms with Crippen LogP contribution in [-0.4, -0.2) is 48.2 Å². The average molecular weight is 305 g/mol. The molecule has 1 aliphatic carbocycles. The first-order chi connectivity index (χ1) is 10.7. The van der Waals surface area contributed by atoms with E-state index in [0.717, 1.165) is 12.8 Å². The average Bonchev–Trinajstić information content (AvgIpc) is 3.31. The summed E-state index contributed by atoms with van der Waals surface area (Å²) in [6.45, 7) is 0.999. The third-order valence-electron chi connectivity index (χ3n) is 3.95. The number of rotatable bonds is 5. The number of carbonyl (C=O) groups is 2. The molecule has 6 heteroatoms. The fourth-order valence-corrected chi connectivity index (χ4v) is 2.60. The van der Waals surface area contributed by atoms with Gasteiger partial charge in [0.1, 0.15) is 19.0 Å². The monoisotopic (exact) mass is 305 g/mol. The molecule has 1 N–H and O–H groups in total. The van der Waals surface area contributed by atoms with Crippen LogP contribution in [0.5, 0.6) is 5.75 Å². The third kappa shape index (κ3) is 3.22. The van der Waals surface area contributed by atoms with Crippen molar-refractivity contribution in [3.05, 3.63) is 29.8 Å². The summed E-state index contributed by atoms with van der Waals surface area (Å²) in [7, 11) is 0. The molecule has 6 nitrogen and oxygen atoms in total. The number of carboxylic acids is 1. The molecule has 0 aromatic heterocycles. The van der Waals surface area contributed by atoms with Gasteiger partial charge < -0.3 is 19.5 Å². The fraction of sp³-hybridized carbons (Fsp3) is 0.500. The number of ether oxygens (including phenoxy) is 2. The van der Waals surface area contributed by atoms with E-state index in [0.29, 0.717) is 23.8 Å². The zero-order valence-corrected chi connectivity index (χ0v) is 12.2. The Hall–Kier alpha value is -2.08. The maximum atomic E-state index is 12.4. The molecule has 3 rings (SSSR count). The van der Waals surface area contributed by atoms with E-state index < -0.39 is 12.0 Å². The topological polar surface area (TPSA) is 76.1 Å². The van der Waals surface area contributed by atoms with E-state index in [1.807, 2.05) is 0 Å². The van der Waals surface area contributed by atoms with Gasteiger partial charge in [-0.3, -0.25) is 4.79 Å². The van der Waals surface area contributed by atoms with Crippen LogP contribution in [0.25, 0.3) is 0 Å². The van der Waals surface area contributed by atoms with Crippen molar-refractivity contribution in [1.29, 1.82) is 0 Å². The predicted molar refractivity (Wildman–Crippen MR) is 77.6 cm³/mol. The normalized spacial score (nSPS) is 20.7. The van der Waals surface area contributed by atoms with Gasteiger partial charge in [-0.15, -0.1) is 0 Å². The third-order valence-corrected chi connectivity index (χ3v) is 3.95. The Kier molecular flexibility index (Phi) is 4.29. The molecule has 1 saturated carbocycles. The van der Waals surface area contributed by atoms with Crippen molar-refractivity contribution in [2.24, 2.45) is 5.92 Å². The number of amides is 1. The zero-order valence-electron chi connectivity index (χ0n) is 12.2. The largest absolute Gasteiger partial charge is 0.491 e. The Balaban J connectivity index is 1.76. The van der Waals surface area contributed by atoms with Gasteiger partial charge in [0.2, 0.25) is 5.91 Å². The highest BCUT2D eigenvalue weighted by atomic mass is 16.5. The fourth-order valence-electron chi connectivity index (χ4n) is 2.60. The van der Waals surface area contributed by atoms with Gasteiger partial charge in [-0.1, -0.05) is 18.2 Å². The summed E-state index contributed by atoms with van der Waals surface area (Å²) in [4.78, 5) is 25.4. The van der Waals surface area contributed by atoms with Crippen LogP contribution in [0.15, 0.2) is 24.3 Å². The first kappa shape index (κ1) is 14.8. The molecule has 1 aliphatic heterocycles. The molecule has 1 heterocycles. The van der Waals surface area contributed by atoms with Crippen LogP contribution >= 0.6 is 0 Å². The van der Waals surface area contributed by atoms with Crippen LogP contribution in [0, 0.1) is 5.92 Å². The standard InChI is InChI=1S/C16H19NO5/c18-14(10-21-9-11-5-6-11)17-7-8-22-13-4-2-1-3-12(13)15(17)16(19)20/h1-4,11,15H,5-10H2,(H,19,20). The summed E-state index contributed by atoms with van der Waals surface area (Å²) in [5.41, 5.74) is 0.503. The molecular weight excluding hydrogens is 286 g/mol. The Bertz CT molecular complexity index is 569. The number of hydrogen-bond acceptors (Lipinski definition) is 4. The summed E-state index contributed by atoms with van der Waals surface area (Å²) in [6.07, 6.45) is 2.30. The van der Waals surface area contributed by atoms with Crippen LogP contribution in [0.4, 0.5) is 0 Å². The maximum absolute atomic E-state index is 12.4. The molecule has 1 aromatic rings. The number of fused-ring (bicyclic) bond motifs is 1.